The van der Waals surface area contributed by atoms with Crippen LogP contribution in [0, 0.1) is 5.92 Å². The number of hydrogen-bond donors (Lipinski definition) is 1. The summed E-state index contributed by atoms with van der Waals surface area (Å²) in [5, 5.41) is 3.84. The minimum absolute atomic E-state index is 0.113. The number of hydrogen-bond acceptors (Lipinski definition) is 4. The zero-order valence-corrected chi connectivity index (χ0v) is 14.1. The van der Waals surface area contributed by atoms with Gasteiger partial charge in [0, 0.05) is 11.4 Å². The van der Waals surface area contributed by atoms with Crippen molar-refractivity contribution in [2.24, 2.45) is 5.92 Å². The maximum atomic E-state index is 12.3. The highest BCUT2D eigenvalue weighted by Crippen LogP contribution is 2.24. The molecule has 1 amide bonds. The SMILES string of the molecule is C[C@@H]1CCCC[C@H]1NC(=O)[C@@H](C)OC(=O)c1cc2ccccc2o1. The molecular weight excluding hydrogens is 306 g/mol. The monoisotopic (exact) mass is 329 g/mol. The van der Waals surface area contributed by atoms with Crippen LogP contribution < -0.4 is 5.32 Å². The Labute approximate surface area is 141 Å². The van der Waals surface area contributed by atoms with Crippen molar-refractivity contribution in [3.8, 4) is 0 Å². The predicted molar refractivity (Wildman–Crippen MR) is 90.7 cm³/mol. The molecule has 0 radical (unpaired) electrons. The summed E-state index contributed by atoms with van der Waals surface area (Å²) in [6.07, 6.45) is 3.60. The summed E-state index contributed by atoms with van der Waals surface area (Å²) in [4.78, 5) is 24.5. The van der Waals surface area contributed by atoms with Crippen LogP contribution in [-0.4, -0.2) is 24.0 Å². The number of para-hydroxylation sites is 1. The molecule has 1 aliphatic rings. The van der Waals surface area contributed by atoms with E-state index >= 15 is 0 Å². The molecule has 5 nitrogen and oxygen atoms in total. The average molecular weight is 329 g/mol. The first kappa shape index (κ1) is 16.6. The zero-order chi connectivity index (χ0) is 17.1. The molecule has 1 saturated carbocycles. The van der Waals surface area contributed by atoms with E-state index in [0.29, 0.717) is 11.5 Å². The molecule has 5 heteroatoms. The van der Waals surface area contributed by atoms with E-state index in [0.717, 1.165) is 24.6 Å². The molecule has 1 heterocycles. The second-order valence-corrected chi connectivity index (χ2v) is 6.57. The molecule has 0 bridgehead atoms. The molecule has 1 fully saturated rings. The summed E-state index contributed by atoms with van der Waals surface area (Å²) in [6, 6.07) is 9.14. The van der Waals surface area contributed by atoms with Gasteiger partial charge in [0.1, 0.15) is 5.58 Å². The molecule has 0 aliphatic heterocycles. The second kappa shape index (κ2) is 7.07. The summed E-state index contributed by atoms with van der Waals surface area (Å²) in [5.41, 5.74) is 0.623. The summed E-state index contributed by atoms with van der Waals surface area (Å²) in [5.74, 6) is -0.299. The molecule has 1 aromatic heterocycles. The van der Waals surface area contributed by atoms with E-state index in [2.05, 4.69) is 12.2 Å². The maximum Gasteiger partial charge on any atom is 0.375 e. The fraction of sp³-hybridized carbons (Fsp3) is 0.474. The van der Waals surface area contributed by atoms with E-state index in [9.17, 15) is 9.59 Å². The lowest BCUT2D eigenvalue weighted by Crippen LogP contribution is -2.45. The van der Waals surface area contributed by atoms with E-state index in [-0.39, 0.29) is 17.7 Å². The van der Waals surface area contributed by atoms with Crippen molar-refractivity contribution in [3.05, 3.63) is 36.1 Å². The molecule has 1 aromatic carbocycles. The smallest absolute Gasteiger partial charge is 0.375 e. The average Bonchev–Trinajstić information content (AvgIpc) is 3.01. The molecule has 3 atom stereocenters. The molecule has 1 N–H and O–H groups in total. The highest BCUT2D eigenvalue weighted by Gasteiger charge is 2.27. The van der Waals surface area contributed by atoms with Gasteiger partial charge in [-0.1, -0.05) is 38.0 Å². The van der Waals surface area contributed by atoms with Crippen molar-refractivity contribution < 1.29 is 18.7 Å². The van der Waals surface area contributed by atoms with Gasteiger partial charge in [-0.2, -0.15) is 0 Å². The molecule has 0 saturated heterocycles. The third kappa shape index (κ3) is 3.61. The Morgan fingerprint density at radius 3 is 2.75 bits per heavy atom. The second-order valence-electron chi connectivity index (χ2n) is 6.57. The van der Waals surface area contributed by atoms with Crippen LogP contribution in [0.3, 0.4) is 0 Å². The molecule has 24 heavy (non-hydrogen) atoms. The van der Waals surface area contributed by atoms with Gasteiger partial charge in [0.25, 0.3) is 5.91 Å². The van der Waals surface area contributed by atoms with Gasteiger partial charge in [0.05, 0.1) is 0 Å². The molecule has 1 aliphatic carbocycles. The van der Waals surface area contributed by atoms with Crippen LogP contribution in [-0.2, 0) is 9.53 Å². The number of ether oxygens (including phenoxy) is 1. The molecule has 0 unspecified atom stereocenters. The molecule has 3 rings (SSSR count). The van der Waals surface area contributed by atoms with Crippen LogP contribution in [0.2, 0.25) is 0 Å². The van der Waals surface area contributed by atoms with Crippen LogP contribution in [0.1, 0.15) is 50.1 Å². The Bertz CT molecular complexity index is 703. The van der Waals surface area contributed by atoms with Crippen molar-refractivity contribution in [1.29, 1.82) is 0 Å². The third-order valence-electron chi connectivity index (χ3n) is 4.72. The van der Waals surface area contributed by atoms with Gasteiger partial charge >= 0.3 is 5.97 Å². The van der Waals surface area contributed by atoms with Gasteiger partial charge in [-0.15, -0.1) is 0 Å². The number of amides is 1. The first-order valence-electron chi connectivity index (χ1n) is 8.54. The Balaban J connectivity index is 1.59. The van der Waals surface area contributed by atoms with E-state index in [1.54, 1.807) is 19.1 Å². The van der Waals surface area contributed by atoms with Crippen LogP contribution in [0.15, 0.2) is 34.7 Å². The normalized spacial score (nSPS) is 22.1. The summed E-state index contributed by atoms with van der Waals surface area (Å²) in [6.45, 7) is 3.73. The first-order chi connectivity index (χ1) is 11.5. The molecule has 0 spiro atoms. The molecule has 2 aromatic rings. The van der Waals surface area contributed by atoms with Crippen LogP contribution in [0.25, 0.3) is 11.0 Å². The van der Waals surface area contributed by atoms with Crippen LogP contribution in [0.5, 0.6) is 0 Å². The summed E-state index contributed by atoms with van der Waals surface area (Å²) >= 11 is 0. The number of rotatable bonds is 4. The zero-order valence-electron chi connectivity index (χ0n) is 14.1. The quantitative estimate of drug-likeness (QED) is 0.869. The predicted octanol–water partition coefficient (Wildman–Crippen LogP) is 3.67. The lowest BCUT2D eigenvalue weighted by molar-refractivity contribution is -0.130. The van der Waals surface area contributed by atoms with Crippen LogP contribution >= 0.6 is 0 Å². The third-order valence-corrected chi connectivity index (χ3v) is 4.72. The Kier molecular flexibility index (Phi) is 4.88. The van der Waals surface area contributed by atoms with Gasteiger partial charge in [-0.3, -0.25) is 4.79 Å². The highest BCUT2D eigenvalue weighted by atomic mass is 16.6. The molecular formula is C19H23NO4. The minimum Gasteiger partial charge on any atom is -0.449 e. The van der Waals surface area contributed by atoms with Crippen molar-refractivity contribution in [3.63, 3.8) is 0 Å². The fourth-order valence-electron chi connectivity index (χ4n) is 3.19. The van der Waals surface area contributed by atoms with Gasteiger partial charge in [-0.25, -0.2) is 4.79 Å². The first-order valence-corrected chi connectivity index (χ1v) is 8.54. The number of fused-ring (bicyclic) bond motifs is 1. The number of furan rings is 1. The maximum absolute atomic E-state index is 12.3. The minimum atomic E-state index is -0.847. The lowest BCUT2D eigenvalue weighted by atomic mass is 9.86. The lowest BCUT2D eigenvalue weighted by Gasteiger charge is -2.30. The van der Waals surface area contributed by atoms with E-state index in [4.69, 9.17) is 9.15 Å². The highest BCUT2D eigenvalue weighted by molar-refractivity contribution is 5.94. The topological polar surface area (TPSA) is 68.5 Å². The number of carbonyl (C=O) groups is 2. The largest absolute Gasteiger partial charge is 0.449 e. The van der Waals surface area contributed by atoms with Gasteiger partial charge in [0.2, 0.25) is 5.76 Å². The van der Waals surface area contributed by atoms with Crippen molar-refractivity contribution in [2.45, 2.75) is 51.7 Å². The summed E-state index contributed by atoms with van der Waals surface area (Å²) in [7, 11) is 0. The van der Waals surface area contributed by atoms with Crippen molar-refractivity contribution in [2.75, 3.05) is 0 Å². The number of esters is 1. The standard InChI is InChI=1S/C19H23NO4/c1-12-7-3-5-9-15(12)20-18(21)13(2)23-19(22)17-11-14-8-4-6-10-16(14)24-17/h4,6,8,10-13,15H,3,5,7,9H2,1-2H3,(H,20,21)/t12-,13-,15-/m1/s1. The van der Waals surface area contributed by atoms with Gasteiger partial charge < -0.3 is 14.5 Å². The Morgan fingerprint density at radius 2 is 2.00 bits per heavy atom. The number of benzene rings is 1. The van der Waals surface area contributed by atoms with E-state index in [1.807, 2.05) is 18.2 Å². The van der Waals surface area contributed by atoms with E-state index in [1.165, 1.54) is 6.42 Å². The summed E-state index contributed by atoms with van der Waals surface area (Å²) < 4.78 is 10.7. The fourth-order valence-corrected chi connectivity index (χ4v) is 3.19. The van der Waals surface area contributed by atoms with Gasteiger partial charge in [-0.05, 0) is 37.8 Å². The molecule has 128 valence electrons. The van der Waals surface area contributed by atoms with Crippen molar-refractivity contribution >= 4 is 22.8 Å². The Morgan fingerprint density at radius 1 is 1.25 bits per heavy atom. The van der Waals surface area contributed by atoms with Crippen molar-refractivity contribution in [1.82, 2.24) is 5.32 Å². The Hall–Kier alpha value is -2.30. The number of carbonyl (C=O) groups excluding carboxylic acids is 2. The van der Waals surface area contributed by atoms with E-state index < -0.39 is 12.1 Å². The van der Waals surface area contributed by atoms with Crippen LogP contribution in [0.4, 0.5) is 0 Å². The number of nitrogens with one attached hydrogen (secondary N) is 1. The van der Waals surface area contributed by atoms with Gasteiger partial charge in [0.15, 0.2) is 6.10 Å².